The molecule has 0 spiro atoms. The van der Waals surface area contributed by atoms with Crippen LogP contribution in [0.15, 0.2) is 60.7 Å². The van der Waals surface area contributed by atoms with Crippen molar-refractivity contribution < 1.29 is 4.74 Å². The zero-order chi connectivity index (χ0) is 16.9. The first-order chi connectivity index (χ1) is 11.7. The largest absolute Gasteiger partial charge is 0.487 e. The van der Waals surface area contributed by atoms with Gasteiger partial charge in [0.05, 0.1) is 5.02 Å². The van der Waals surface area contributed by atoms with E-state index in [1.54, 1.807) is 0 Å². The van der Waals surface area contributed by atoms with Gasteiger partial charge < -0.3 is 10.5 Å². The van der Waals surface area contributed by atoms with Crippen LogP contribution in [-0.2, 0) is 13.2 Å². The van der Waals surface area contributed by atoms with Crippen LogP contribution in [0.3, 0.4) is 0 Å². The Bertz CT molecular complexity index is 830. The molecular weight excluding hydrogens is 318 g/mol. The summed E-state index contributed by atoms with van der Waals surface area (Å²) >= 11 is 6.28. The fourth-order valence-corrected chi connectivity index (χ4v) is 2.75. The second-order valence-electron chi connectivity index (χ2n) is 5.71. The molecule has 0 unspecified atom stereocenters. The molecule has 1 radical (unpaired) electrons. The summed E-state index contributed by atoms with van der Waals surface area (Å²) in [4.78, 5) is 0. The van der Waals surface area contributed by atoms with Crippen LogP contribution in [-0.4, -0.2) is 0 Å². The Kier molecular flexibility index (Phi) is 5.19. The van der Waals surface area contributed by atoms with Crippen molar-refractivity contribution in [1.82, 2.24) is 0 Å². The number of hydrogen-bond acceptors (Lipinski definition) is 2. The molecule has 0 atom stereocenters. The first-order valence-electron chi connectivity index (χ1n) is 7.85. The standard InChI is InChI=1S/C21H19ClNO/c1-15-9-17(13-23)11-19(10-15)18-7-8-20(22)21(12-18)24-14-16-5-3-2-4-6-16/h2-9,11-12H,13-14,23H2,1H3. The van der Waals surface area contributed by atoms with Crippen LogP contribution in [0.2, 0.25) is 5.02 Å². The highest BCUT2D eigenvalue weighted by molar-refractivity contribution is 6.32. The summed E-state index contributed by atoms with van der Waals surface area (Å²) in [5, 5.41) is 0.599. The van der Waals surface area contributed by atoms with Gasteiger partial charge in [0.25, 0.3) is 0 Å². The fraction of sp³-hybridized carbons (Fsp3) is 0.143. The summed E-state index contributed by atoms with van der Waals surface area (Å²) in [5.41, 5.74) is 11.0. The Labute approximate surface area is 147 Å². The Morgan fingerprint density at radius 3 is 2.54 bits per heavy atom. The van der Waals surface area contributed by atoms with Crippen LogP contribution in [0.1, 0.15) is 16.7 Å². The summed E-state index contributed by atoms with van der Waals surface area (Å²) in [6.45, 7) is 3.01. The van der Waals surface area contributed by atoms with Crippen molar-refractivity contribution in [3.05, 3.63) is 88.4 Å². The van der Waals surface area contributed by atoms with E-state index in [4.69, 9.17) is 22.1 Å². The smallest absolute Gasteiger partial charge is 0.139 e. The van der Waals surface area contributed by atoms with Crippen LogP contribution in [0.5, 0.6) is 5.75 Å². The Morgan fingerprint density at radius 2 is 1.79 bits per heavy atom. The van der Waals surface area contributed by atoms with E-state index in [-0.39, 0.29) is 0 Å². The van der Waals surface area contributed by atoms with Gasteiger partial charge in [-0.15, -0.1) is 0 Å². The monoisotopic (exact) mass is 336 g/mol. The van der Waals surface area contributed by atoms with E-state index in [1.807, 2.05) is 61.5 Å². The van der Waals surface area contributed by atoms with Gasteiger partial charge in [-0.1, -0.05) is 54.1 Å². The third kappa shape index (κ3) is 3.97. The molecule has 121 valence electrons. The fourth-order valence-electron chi connectivity index (χ4n) is 2.58. The lowest BCUT2D eigenvalue weighted by Crippen LogP contribution is -1.98. The molecule has 0 aromatic heterocycles. The van der Waals surface area contributed by atoms with E-state index in [9.17, 15) is 0 Å². The number of ether oxygens (including phenoxy) is 1. The third-order valence-electron chi connectivity index (χ3n) is 3.78. The number of halogens is 1. The number of aryl methyl sites for hydroxylation is 1. The van der Waals surface area contributed by atoms with Crippen molar-refractivity contribution in [2.45, 2.75) is 20.1 Å². The Hall–Kier alpha value is -2.29. The normalized spacial score (nSPS) is 10.6. The minimum Gasteiger partial charge on any atom is -0.487 e. The van der Waals surface area contributed by atoms with E-state index >= 15 is 0 Å². The predicted molar refractivity (Wildman–Crippen MR) is 99.1 cm³/mol. The molecule has 3 aromatic rings. The molecule has 0 saturated carbocycles. The quantitative estimate of drug-likeness (QED) is 0.699. The lowest BCUT2D eigenvalue weighted by Gasteiger charge is -2.11. The van der Waals surface area contributed by atoms with Crippen LogP contribution in [0.25, 0.3) is 11.1 Å². The maximum atomic E-state index is 6.28. The zero-order valence-electron chi connectivity index (χ0n) is 13.6. The number of benzene rings is 3. The highest BCUT2D eigenvalue weighted by atomic mass is 35.5. The average molecular weight is 337 g/mol. The molecule has 0 heterocycles. The van der Waals surface area contributed by atoms with Crippen molar-refractivity contribution in [2.75, 3.05) is 0 Å². The van der Waals surface area contributed by atoms with Crippen molar-refractivity contribution in [2.24, 2.45) is 5.73 Å². The molecule has 24 heavy (non-hydrogen) atoms. The number of nitrogens with two attached hydrogens (primary N) is 1. The average Bonchev–Trinajstić information content (AvgIpc) is 2.61. The molecule has 0 fully saturated rings. The maximum absolute atomic E-state index is 6.28. The van der Waals surface area contributed by atoms with E-state index in [0.717, 1.165) is 27.8 Å². The minimum absolute atomic E-state index is 0.482. The molecule has 0 aliphatic carbocycles. The van der Waals surface area contributed by atoms with Gasteiger partial charge in [-0.05, 0) is 59.0 Å². The minimum atomic E-state index is 0.482. The Balaban J connectivity index is 1.87. The lowest BCUT2D eigenvalue weighted by molar-refractivity contribution is 0.306. The van der Waals surface area contributed by atoms with Gasteiger partial charge in [0.2, 0.25) is 0 Å². The van der Waals surface area contributed by atoms with Gasteiger partial charge in [0.15, 0.2) is 0 Å². The zero-order valence-corrected chi connectivity index (χ0v) is 14.3. The van der Waals surface area contributed by atoms with E-state index < -0.39 is 0 Å². The highest BCUT2D eigenvalue weighted by Crippen LogP contribution is 2.31. The van der Waals surface area contributed by atoms with Gasteiger partial charge in [0.1, 0.15) is 12.4 Å². The Morgan fingerprint density at radius 1 is 1.00 bits per heavy atom. The van der Waals surface area contributed by atoms with E-state index in [1.165, 1.54) is 0 Å². The number of hydrogen-bond donors (Lipinski definition) is 1. The van der Waals surface area contributed by atoms with Gasteiger partial charge in [-0.25, -0.2) is 0 Å². The first-order valence-corrected chi connectivity index (χ1v) is 8.23. The van der Waals surface area contributed by atoms with E-state index in [0.29, 0.717) is 23.9 Å². The van der Waals surface area contributed by atoms with Gasteiger partial charge in [-0.2, -0.15) is 0 Å². The van der Waals surface area contributed by atoms with Crippen LogP contribution >= 0.6 is 11.6 Å². The van der Waals surface area contributed by atoms with Crippen LogP contribution in [0, 0.1) is 13.0 Å². The molecule has 2 N–H and O–H groups in total. The van der Waals surface area contributed by atoms with Crippen molar-refractivity contribution in [3.8, 4) is 16.9 Å². The summed E-state index contributed by atoms with van der Waals surface area (Å²) in [5.74, 6) is 0.669. The van der Waals surface area contributed by atoms with Crippen molar-refractivity contribution in [3.63, 3.8) is 0 Å². The summed E-state index contributed by atoms with van der Waals surface area (Å²) in [6.07, 6.45) is 0. The highest BCUT2D eigenvalue weighted by Gasteiger charge is 2.07. The predicted octanol–water partition coefficient (Wildman–Crippen LogP) is 5.15. The lowest BCUT2D eigenvalue weighted by atomic mass is 10.00. The van der Waals surface area contributed by atoms with Crippen LogP contribution < -0.4 is 10.5 Å². The first kappa shape index (κ1) is 16.6. The third-order valence-corrected chi connectivity index (χ3v) is 4.09. The van der Waals surface area contributed by atoms with Gasteiger partial charge >= 0.3 is 0 Å². The van der Waals surface area contributed by atoms with Crippen molar-refractivity contribution >= 4 is 11.6 Å². The molecule has 0 amide bonds. The molecule has 3 aromatic carbocycles. The topological polar surface area (TPSA) is 35.2 Å². The van der Waals surface area contributed by atoms with Crippen molar-refractivity contribution in [1.29, 1.82) is 0 Å². The number of rotatable bonds is 5. The summed E-state index contributed by atoms with van der Waals surface area (Å²) in [6, 6.07) is 23.3. The molecular formula is C21H19ClNO. The SMILES string of the molecule is Cc1[c]c(-c2ccc(Cl)c(OCc3ccccc3)c2)cc(CN)c1. The molecule has 0 saturated heterocycles. The van der Waals surface area contributed by atoms with E-state index in [2.05, 4.69) is 12.1 Å². The molecule has 2 nitrogen and oxygen atoms in total. The second kappa shape index (κ2) is 7.52. The summed E-state index contributed by atoms with van der Waals surface area (Å²) in [7, 11) is 0. The molecule has 3 heteroatoms. The molecule has 0 aliphatic rings. The molecule has 3 rings (SSSR count). The second-order valence-corrected chi connectivity index (χ2v) is 6.12. The molecule has 0 bridgehead atoms. The van der Waals surface area contributed by atoms with Gasteiger partial charge in [-0.3, -0.25) is 0 Å². The maximum Gasteiger partial charge on any atom is 0.139 e. The van der Waals surface area contributed by atoms with Crippen LogP contribution in [0.4, 0.5) is 0 Å². The van der Waals surface area contributed by atoms with Gasteiger partial charge in [0, 0.05) is 6.54 Å². The molecule has 0 aliphatic heterocycles. The summed E-state index contributed by atoms with van der Waals surface area (Å²) < 4.78 is 5.90.